The maximum Gasteiger partial charge on any atom is 0.229 e. The van der Waals surface area contributed by atoms with Crippen LogP contribution >= 0.6 is 0 Å². The standard InChI is InChI=1S/C15H17N3O2/c1-20-13-4-2-3-11(9-13)10-15(19)16-14-7-8-18(17-14)12-5-6-12/h2-4,7-9,12H,5-6,10H2,1H3,(H,16,17,19). The third kappa shape index (κ3) is 2.99. The molecule has 1 saturated carbocycles. The lowest BCUT2D eigenvalue weighted by Gasteiger charge is -2.04. The molecule has 1 heterocycles. The minimum Gasteiger partial charge on any atom is -0.497 e. The Morgan fingerprint density at radius 2 is 2.30 bits per heavy atom. The highest BCUT2D eigenvalue weighted by Gasteiger charge is 2.24. The number of hydrogen-bond acceptors (Lipinski definition) is 3. The summed E-state index contributed by atoms with van der Waals surface area (Å²) in [4.78, 5) is 12.0. The van der Waals surface area contributed by atoms with Gasteiger partial charge in [0.1, 0.15) is 5.75 Å². The van der Waals surface area contributed by atoms with Gasteiger partial charge >= 0.3 is 0 Å². The summed E-state index contributed by atoms with van der Waals surface area (Å²) in [6.45, 7) is 0. The summed E-state index contributed by atoms with van der Waals surface area (Å²) in [7, 11) is 1.61. The van der Waals surface area contributed by atoms with E-state index >= 15 is 0 Å². The summed E-state index contributed by atoms with van der Waals surface area (Å²) in [5, 5.41) is 7.17. The first-order valence-electron chi connectivity index (χ1n) is 6.72. The molecule has 0 atom stereocenters. The summed E-state index contributed by atoms with van der Waals surface area (Å²) in [5.41, 5.74) is 0.920. The quantitative estimate of drug-likeness (QED) is 0.908. The number of nitrogens with one attached hydrogen (secondary N) is 1. The second kappa shape index (κ2) is 5.36. The average molecular weight is 271 g/mol. The van der Waals surface area contributed by atoms with E-state index in [1.54, 1.807) is 7.11 Å². The maximum absolute atomic E-state index is 12.0. The van der Waals surface area contributed by atoms with Gasteiger partial charge in [-0.25, -0.2) is 0 Å². The first-order valence-corrected chi connectivity index (χ1v) is 6.72. The summed E-state index contributed by atoms with van der Waals surface area (Å²) in [6, 6.07) is 9.87. The predicted octanol–water partition coefficient (Wildman–Crippen LogP) is 2.41. The highest BCUT2D eigenvalue weighted by atomic mass is 16.5. The monoisotopic (exact) mass is 271 g/mol. The lowest BCUT2D eigenvalue weighted by atomic mass is 10.1. The van der Waals surface area contributed by atoms with Crippen LogP contribution in [0.3, 0.4) is 0 Å². The van der Waals surface area contributed by atoms with Crippen LogP contribution in [0.2, 0.25) is 0 Å². The van der Waals surface area contributed by atoms with E-state index in [2.05, 4.69) is 10.4 Å². The molecule has 1 aromatic carbocycles. The molecular formula is C15H17N3O2. The van der Waals surface area contributed by atoms with E-state index in [9.17, 15) is 4.79 Å². The fourth-order valence-corrected chi connectivity index (χ4v) is 2.10. The van der Waals surface area contributed by atoms with Crippen LogP contribution in [0.1, 0.15) is 24.4 Å². The minimum absolute atomic E-state index is 0.0701. The van der Waals surface area contributed by atoms with Gasteiger partial charge < -0.3 is 10.1 Å². The Hall–Kier alpha value is -2.30. The molecule has 3 rings (SSSR count). The van der Waals surface area contributed by atoms with Gasteiger partial charge in [0.15, 0.2) is 5.82 Å². The van der Waals surface area contributed by atoms with Crippen molar-refractivity contribution in [1.29, 1.82) is 0 Å². The van der Waals surface area contributed by atoms with Crippen LogP contribution in [0, 0.1) is 0 Å². The lowest BCUT2D eigenvalue weighted by molar-refractivity contribution is -0.115. The van der Waals surface area contributed by atoms with Crippen molar-refractivity contribution >= 4 is 11.7 Å². The molecule has 1 aliphatic carbocycles. The largest absolute Gasteiger partial charge is 0.497 e. The Balaban J connectivity index is 1.60. The average Bonchev–Trinajstić information content (AvgIpc) is 3.20. The van der Waals surface area contributed by atoms with Crippen molar-refractivity contribution < 1.29 is 9.53 Å². The van der Waals surface area contributed by atoms with Gasteiger partial charge in [-0.05, 0) is 30.5 Å². The molecule has 0 unspecified atom stereocenters. The Labute approximate surface area is 117 Å². The smallest absolute Gasteiger partial charge is 0.229 e. The van der Waals surface area contributed by atoms with Crippen molar-refractivity contribution in [2.45, 2.75) is 25.3 Å². The molecule has 1 aliphatic rings. The van der Waals surface area contributed by atoms with Crippen molar-refractivity contribution in [3.63, 3.8) is 0 Å². The maximum atomic E-state index is 12.0. The number of aromatic nitrogens is 2. The van der Waals surface area contributed by atoms with Gasteiger partial charge in [0, 0.05) is 12.3 Å². The molecule has 0 saturated heterocycles. The number of rotatable bonds is 5. The second-order valence-electron chi connectivity index (χ2n) is 4.99. The van der Waals surface area contributed by atoms with Crippen molar-refractivity contribution in [3.05, 3.63) is 42.1 Å². The number of hydrogen-bond donors (Lipinski definition) is 1. The number of ether oxygens (including phenoxy) is 1. The van der Waals surface area contributed by atoms with E-state index in [0.717, 1.165) is 11.3 Å². The van der Waals surface area contributed by atoms with Crippen LogP contribution in [0.15, 0.2) is 36.5 Å². The fourth-order valence-electron chi connectivity index (χ4n) is 2.10. The van der Waals surface area contributed by atoms with Gasteiger partial charge in [-0.15, -0.1) is 0 Å². The van der Waals surface area contributed by atoms with Crippen LogP contribution in [-0.4, -0.2) is 22.8 Å². The van der Waals surface area contributed by atoms with Crippen molar-refractivity contribution in [1.82, 2.24) is 9.78 Å². The number of carbonyl (C=O) groups excluding carboxylic acids is 1. The number of methoxy groups -OCH3 is 1. The van der Waals surface area contributed by atoms with Crippen LogP contribution in [0.5, 0.6) is 5.75 Å². The lowest BCUT2D eigenvalue weighted by Crippen LogP contribution is -2.15. The van der Waals surface area contributed by atoms with Crippen LogP contribution in [-0.2, 0) is 11.2 Å². The van der Waals surface area contributed by atoms with Crippen LogP contribution in [0.25, 0.3) is 0 Å². The summed E-state index contributed by atoms with van der Waals surface area (Å²) in [6.07, 6.45) is 4.59. The highest BCUT2D eigenvalue weighted by molar-refractivity contribution is 5.91. The molecule has 0 bridgehead atoms. The molecular weight excluding hydrogens is 254 g/mol. The number of amides is 1. The van der Waals surface area contributed by atoms with Gasteiger partial charge in [0.25, 0.3) is 0 Å². The molecule has 20 heavy (non-hydrogen) atoms. The van der Waals surface area contributed by atoms with Crippen molar-refractivity contribution in [3.8, 4) is 5.75 Å². The van der Waals surface area contributed by atoms with Gasteiger partial charge in [0.05, 0.1) is 19.6 Å². The van der Waals surface area contributed by atoms with Gasteiger partial charge in [-0.2, -0.15) is 5.10 Å². The second-order valence-corrected chi connectivity index (χ2v) is 4.99. The number of benzene rings is 1. The number of carbonyl (C=O) groups is 1. The zero-order chi connectivity index (χ0) is 13.9. The van der Waals surface area contributed by atoms with Crippen molar-refractivity contribution in [2.24, 2.45) is 0 Å². The SMILES string of the molecule is COc1cccc(CC(=O)Nc2ccn(C3CC3)n2)c1. The molecule has 5 nitrogen and oxygen atoms in total. The third-order valence-corrected chi connectivity index (χ3v) is 3.30. The first-order chi connectivity index (χ1) is 9.74. The fraction of sp³-hybridized carbons (Fsp3) is 0.333. The first kappa shape index (κ1) is 12.7. The Kier molecular flexibility index (Phi) is 3.41. The molecule has 5 heteroatoms. The topological polar surface area (TPSA) is 56.1 Å². The molecule has 1 N–H and O–H groups in total. The molecule has 1 amide bonds. The minimum atomic E-state index is -0.0701. The van der Waals surface area contributed by atoms with E-state index in [1.807, 2.05) is 41.2 Å². The van der Waals surface area contributed by atoms with E-state index in [1.165, 1.54) is 12.8 Å². The molecule has 104 valence electrons. The van der Waals surface area contributed by atoms with Gasteiger partial charge in [-0.3, -0.25) is 9.48 Å². The summed E-state index contributed by atoms with van der Waals surface area (Å²) in [5.74, 6) is 1.30. The van der Waals surface area contributed by atoms with E-state index < -0.39 is 0 Å². The number of nitrogens with zero attached hydrogens (tertiary/aromatic N) is 2. The van der Waals surface area contributed by atoms with Gasteiger partial charge in [0.2, 0.25) is 5.91 Å². The molecule has 1 fully saturated rings. The molecule has 0 spiro atoms. The van der Waals surface area contributed by atoms with Gasteiger partial charge in [-0.1, -0.05) is 12.1 Å². The predicted molar refractivity (Wildman–Crippen MR) is 75.8 cm³/mol. The highest BCUT2D eigenvalue weighted by Crippen LogP contribution is 2.34. The normalized spacial score (nSPS) is 14.1. The van der Waals surface area contributed by atoms with E-state index in [-0.39, 0.29) is 5.91 Å². The molecule has 0 radical (unpaired) electrons. The number of anilines is 1. The van der Waals surface area contributed by atoms with Crippen molar-refractivity contribution in [2.75, 3.05) is 12.4 Å². The summed E-state index contributed by atoms with van der Waals surface area (Å²) >= 11 is 0. The molecule has 2 aromatic rings. The third-order valence-electron chi connectivity index (χ3n) is 3.30. The Morgan fingerprint density at radius 1 is 1.45 bits per heavy atom. The Bertz CT molecular complexity index is 617. The van der Waals surface area contributed by atoms with E-state index in [0.29, 0.717) is 18.3 Å². The van der Waals surface area contributed by atoms with E-state index in [4.69, 9.17) is 4.74 Å². The zero-order valence-electron chi connectivity index (χ0n) is 11.4. The summed E-state index contributed by atoms with van der Waals surface area (Å²) < 4.78 is 7.06. The van der Waals surface area contributed by atoms with Crippen LogP contribution in [0.4, 0.5) is 5.82 Å². The molecule has 0 aliphatic heterocycles. The van der Waals surface area contributed by atoms with Crippen LogP contribution < -0.4 is 10.1 Å². The zero-order valence-corrected chi connectivity index (χ0v) is 11.4. The Morgan fingerprint density at radius 3 is 3.05 bits per heavy atom. The molecule has 1 aromatic heterocycles.